The second-order valence-electron chi connectivity index (χ2n) is 6.68. The minimum Gasteiger partial charge on any atom is -0.423 e. The zero-order chi connectivity index (χ0) is 15.6. The molecule has 1 aliphatic carbocycles. The van der Waals surface area contributed by atoms with E-state index in [-0.39, 0.29) is 17.9 Å². The minimum atomic E-state index is 0.229. The van der Waals surface area contributed by atoms with Gasteiger partial charge in [-0.2, -0.15) is 4.98 Å². The van der Waals surface area contributed by atoms with Gasteiger partial charge in [0.15, 0.2) is 5.58 Å². The number of carbonyl (C=O) groups excluding carboxylic acids is 1. The molecule has 2 aromatic rings. The van der Waals surface area contributed by atoms with Crippen molar-refractivity contribution < 1.29 is 9.21 Å². The standard InChI is InChI=1S/C18H23N3O2/c22-17(13-6-1-2-7-13)19-12-14-8-5-11-21(14)18-20-15-9-3-4-10-16(15)23-18/h3-4,9-10,13-14H,1-2,5-8,11-12H2,(H,19,22). The summed E-state index contributed by atoms with van der Waals surface area (Å²) < 4.78 is 5.89. The van der Waals surface area contributed by atoms with Crippen LogP contribution in [0.25, 0.3) is 11.1 Å². The van der Waals surface area contributed by atoms with Crippen LogP contribution in [0.3, 0.4) is 0 Å². The van der Waals surface area contributed by atoms with E-state index in [4.69, 9.17) is 4.42 Å². The summed E-state index contributed by atoms with van der Waals surface area (Å²) in [6.07, 6.45) is 6.66. The van der Waals surface area contributed by atoms with Gasteiger partial charge in [0.2, 0.25) is 5.91 Å². The van der Waals surface area contributed by atoms with Gasteiger partial charge in [-0.1, -0.05) is 25.0 Å². The van der Waals surface area contributed by atoms with E-state index in [1.807, 2.05) is 24.3 Å². The Morgan fingerprint density at radius 1 is 1.22 bits per heavy atom. The monoisotopic (exact) mass is 313 g/mol. The molecule has 1 aliphatic heterocycles. The van der Waals surface area contributed by atoms with Gasteiger partial charge in [-0.25, -0.2) is 0 Å². The number of hydrogen-bond donors (Lipinski definition) is 1. The Balaban J connectivity index is 1.42. The summed E-state index contributed by atoms with van der Waals surface area (Å²) in [5.74, 6) is 0.459. The highest BCUT2D eigenvalue weighted by molar-refractivity contribution is 5.79. The van der Waals surface area contributed by atoms with Crippen LogP contribution in [0.15, 0.2) is 28.7 Å². The van der Waals surface area contributed by atoms with Crippen LogP contribution >= 0.6 is 0 Å². The lowest BCUT2D eigenvalue weighted by atomic mass is 10.1. The highest BCUT2D eigenvalue weighted by Gasteiger charge is 2.30. The van der Waals surface area contributed by atoms with Crippen molar-refractivity contribution >= 4 is 23.0 Å². The normalized spacial score (nSPS) is 22.1. The second-order valence-corrected chi connectivity index (χ2v) is 6.68. The van der Waals surface area contributed by atoms with E-state index in [9.17, 15) is 4.79 Å². The number of rotatable bonds is 4. The lowest BCUT2D eigenvalue weighted by molar-refractivity contribution is -0.124. The third kappa shape index (κ3) is 2.92. The Morgan fingerprint density at radius 2 is 2.04 bits per heavy atom. The van der Waals surface area contributed by atoms with E-state index >= 15 is 0 Å². The van der Waals surface area contributed by atoms with E-state index < -0.39 is 0 Å². The van der Waals surface area contributed by atoms with Gasteiger partial charge in [0.25, 0.3) is 6.01 Å². The van der Waals surface area contributed by atoms with Crippen LogP contribution in [0.4, 0.5) is 6.01 Å². The number of aromatic nitrogens is 1. The number of nitrogens with one attached hydrogen (secondary N) is 1. The van der Waals surface area contributed by atoms with Crippen molar-refractivity contribution in [3.8, 4) is 0 Å². The molecule has 1 unspecified atom stereocenters. The highest BCUT2D eigenvalue weighted by atomic mass is 16.4. The van der Waals surface area contributed by atoms with E-state index in [1.54, 1.807) is 0 Å². The molecule has 122 valence electrons. The SMILES string of the molecule is O=C(NCC1CCCN1c1nc2ccccc2o1)C1CCCC1. The fourth-order valence-electron chi connectivity index (χ4n) is 3.83. The molecule has 1 N–H and O–H groups in total. The fraction of sp³-hybridized carbons (Fsp3) is 0.556. The highest BCUT2D eigenvalue weighted by Crippen LogP contribution is 2.28. The zero-order valence-corrected chi connectivity index (χ0v) is 13.3. The summed E-state index contributed by atoms with van der Waals surface area (Å²) in [7, 11) is 0. The number of amides is 1. The molecule has 4 rings (SSSR count). The maximum atomic E-state index is 12.2. The molecule has 5 heteroatoms. The predicted molar refractivity (Wildman–Crippen MR) is 89.3 cm³/mol. The van der Waals surface area contributed by atoms with Crippen LogP contribution < -0.4 is 10.2 Å². The first kappa shape index (κ1) is 14.5. The van der Waals surface area contributed by atoms with E-state index in [0.717, 1.165) is 43.3 Å². The van der Waals surface area contributed by atoms with Gasteiger partial charge in [-0.3, -0.25) is 4.79 Å². The molecule has 1 saturated heterocycles. The van der Waals surface area contributed by atoms with Gasteiger partial charge >= 0.3 is 0 Å². The van der Waals surface area contributed by atoms with Crippen LogP contribution in [0.1, 0.15) is 38.5 Å². The number of hydrogen-bond acceptors (Lipinski definition) is 4. The lowest BCUT2D eigenvalue weighted by Gasteiger charge is -2.23. The van der Waals surface area contributed by atoms with Crippen LogP contribution in [0, 0.1) is 5.92 Å². The van der Waals surface area contributed by atoms with Gasteiger partial charge in [0.05, 0.1) is 6.04 Å². The minimum absolute atomic E-state index is 0.229. The van der Waals surface area contributed by atoms with Crippen molar-refractivity contribution in [1.29, 1.82) is 0 Å². The van der Waals surface area contributed by atoms with Crippen molar-refractivity contribution in [3.63, 3.8) is 0 Å². The summed E-state index contributed by atoms with van der Waals surface area (Å²) in [5, 5.41) is 3.15. The van der Waals surface area contributed by atoms with E-state index in [2.05, 4.69) is 15.2 Å². The van der Waals surface area contributed by atoms with Crippen LogP contribution in [0.2, 0.25) is 0 Å². The largest absolute Gasteiger partial charge is 0.423 e. The van der Waals surface area contributed by atoms with Gasteiger partial charge in [-0.05, 0) is 37.8 Å². The molecule has 0 radical (unpaired) electrons. The number of para-hydroxylation sites is 2. The topological polar surface area (TPSA) is 58.4 Å². The number of fused-ring (bicyclic) bond motifs is 1. The van der Waals surface area contributed by atoms with Crippen LogP contribution in [0.5, 0.6) is 0 Å². The number of oxazole rings is 1. The van der Waals surface area contributed by atoms with E-state index in [1.165, 1.54) is 12.8 Å². The Kier molecular flexibility index (Phi) is 3.93. The van der Waals surface area contributed by atoms with Crippen molar-refractivity contribution in [2.24, 2.45) is 5.92 Å². The maximum Gasteiger partial charge on any atom is 0.298 e. The Bertz CT molecular complexity index is 657. The Hall–Kier alpha value is -2.04. The first-order chi connectivity index (χ1) is 11.3. The Labute approximate surface area is 136 Å². The summed E-state index contributed by atoms with van der Waals surface area (Å²) >= 11 is 0. The predicted octanol–water partition coefficient (Wildman–Crippen LogP) is 3.10. The summed E-state index contributed by atoms with van der Waals surface area (Å²) in [5.41, 5.74) is 1.71. The molecule has 23 heavy (non-hydrogen) atoms. The zero-order valence-electron chi connectivity index (χ0n) is 13.3. The number of carbonyl (C=O) groups is 1. The molecule has 2 heterocycles. The number of anilines is 1. The molecule has 1 saturated carbocycles. The second kappa shape index (κ2) is 6.22. The molecular formula is C18H23N3O2. The molecule has 1 amide bonds. The Morgan fingerprint density at radius 3 is 2.87 bits per heavy atom. The average molecular weight is 313 g/mol. The molecular weight excluding hydrogens is 290 g/mol. The molecule has 5 nitrogen and oxygen atoms in total. The van der Waals surface area contributed by atoms with Crippen molar-refractivity contribution in [2.75, 3.05) is 18.0 Å². The molecule has 2 aliphatic rings. The molecule has 2 fully saturated rings. The summed E-state index contributed by atoms with van der Waals surface area (Å²) in [6, 6.07) is 8.81. The maximum absolute atomic E-state index is 12.2. The van der Waals surface area contributed by atoms with Gasteiger partial charge < -0.3 is 14.6 Å². The van der Waals surface area contributed by atoms with Gasteiger partial charge in [0.1, 0.15) is 5.52 Å². The molecule has 1 aromatic carbocycles. The molecule has 1 atom stereocenters. The van der Waals surface area contributed by atoms with Crippen molar-refractivity contribution in [1.82, 2.24) is 10.3 Å². The molecule has 0 spiro atoms. The molecule has 0 bridgehead atoms. The van der Waals surface area contributed by atoms with Crippen molar-refractivity contribution in [3.05, 3.63) is 24.3 Å². The number of benzene rings is 1. The van der Waals surface area contributed by atoms with Crippen LogP contribution in [-0.4, -0.2) is 30.0 Å². The summed E-state index contributed by atoms with van der Waals surface area (Å²) in [4.78, 5) is 19.0. The average Bonchev–Trinajstić information content (AvgIpc) is 3.31. The van der Waals surface area contributed by atoms with E-state index in [0.29, 0.717) is 12.6 Å². The third-order valence-electron chi connectivity index (χ3n) is 5.14. The fourth-order valence-corrected chi connectivity index (χ4v) is 3.83. The van der Waals surface area contributed by atoms with Crippen LogP contribution in [-0.2, 0) is 4.79 Å². The lowest BCUT2D eigenvalue weighted by Crippen LogP contribution is -2.42. The number of nitrogens with zero attached hydrogens (tertiary/aromatic N) is 2. The molecule has 1 aromatic heterocycles. The third-order valence-corrected chi connectivity index (χ3v) is 5.14. The van der Waals surface area contributed by atoms with Crippen molar-refractivity contribution in [2.45, 2.75) is 44.6 Å². The first-order valence-corrected chi connectivity index (χ1v) is 8.71. The van der Waals surface area contributed by atoms with Gasteiger partial charge in [-0.15, -0.1) is 0 Å². The quantitative estimate of drug-likeness (QED) is 0.942. The summed E-state index contributed by atoms with van der Waals surface area (Å²) in [6.45, 7) is 1.63. The first-order valence-electron chi connectivity index (χ1n) is 8.71. The van der Waals surface area contributed by atoms with Gasteiger partial charge in [0, 0.05) is 19.0 Å². The smallest absolute Gasteiger partial charge is 0.298 e.